The first-order chi connectivity index (χ1) is 9.23. The average Bonchev–Trinajstić information content (AvgIpc) is 2.34. The normalized spacial score (nSPS) is 12.2. The van der Waals surface area contributed by atoms with E-state index in [0.717, 1.165) is 6.07 Å². The van der Waals surface area contributed by atoms with E-state index >= 15 is 0 Å². The molecule has 1 aromatic carbocycles. The number of hydrogen-bond donors (Lipinski definition) is 3. The summed E-state index contributed by atoms with van der Waals surface area (Å²) in [6.07, 6.45) is -0.767. The lowest BCUT2D eigenvalue weighted by Gasteiger charge is -2.16. The number of benzene rings is 1. The van der Waals surface area contributed by atoms with Gasteiger partial charge in [0.2, 0.25) is 0 Å². The zero-order valence-electron chi connectivity index (χ0n) is 11.0. The fraction of sp³-hybridized carbons (Fsp3) is 0.417. The fourth-order valence-corrected chi connectivity index (χ4v) is 1.47. The number of carboxylic acids is 1. The van der Waals surface area contributed by atoms with Crippen LogP contribution in [-0.4, -0.2) is 33.8 Å². The Kier molecular flexibility index (Phi) is 4.98. The number of rotatable bonds is 6. The minimum Gasteiger partial charge on any atom is -0.478 e. The molecule has 1 rings (SSSR count). The highest BCUT2D eigenvalue weighted by Gasteiger charge is 2.22. The summed E-state index contributed by atoms with van der Waals surface area (Å²) in [6, 6.07) is 1.40. The third-order valence-corrected chi connectivity index (χ3v) is 2.78. The second-order valence-corrected chi connectivity index (χ2v) is 4.60. The Morgan fingerprint density at radius 2 is 2.10 bits per heavy atom. The van der Waals surface area contributed by atoms with Gasteiger partial charge < -0.3 is 15.5 Å². The Bertz CT molecular complexity index is 533. The van der Waals surface area contributed by atoms with E-state index in [1.54, 1.807) is 13.8 Å². The van der Waals surface area contributed by atoms with Crippen LogP contribution in [0, 0.1) is 21.8 Å². The van der Waals surface area contributed by atoms with Gasteiger partial charge in [-0.15, -0.1) is 0 Å². The van der Waals surface area contributed by atoms with Crippen LogP contribution in [0.5, 0.6) is 0 Å². The average molecular weight is 286 g/mol. The number of anilines is 1. The summed E-state index contributed by atoms with van der Waals surface area (Å²) < 4.78 is 13.5. The van der Waals surface area contributed by atoms with Gasteiger partial charge >= 0.3 is 5.97 Å². The number of hydrogen-bond acceptors (Lipinski definition) is 5. The predicted molar refractivity (Wildman–Crippen MR) is 69.3 cm³/mol. The first kappa shape index (κ1) is 15.8. The van der Waals surface area contributed by atoms with Gasteiger partial charge in [-0.3, -0.25) is 10.1 Å². The Morgan fingerprint density at radius 1 is 1.50 bits per heavy atom. The number of carbonyl (C=O) groups is 1. The van der Waals surface area contributed by atoms with Gasteiger partial charge in [0.05, 0.1) is 11.0 Å². The van der Waals surface area contributed by atoms with Gasteiger partial charge in [0, 0.05) is 18.7 Å². The van der Waals surface area contributed by atoms with Gasteiger partial charge in [0.25, 0.3) is 5.69 Å². The van der Waals surface area contributed by atoms with Crippen molar-refractivity contribution in [1.82, 2.24) is 0 Å². The van der Waals surface area contributed by atoms with Crippen LogP contribution in [0.25, 0.3) is 0 Å². The van der Waals surface area contributed by atoms with E-state index in [9.17, 15) is 24.4 Å². The van der Waals surface area contributed by atoms with Crippen LogP contribution in [0.3, 0.4) is 0 Å². The number of nitro groups is 1. The van der Waals surface area contributed by atoms with Crippen molar-refractivity contribution in [3.8, 4) is 0 Å². The van der Waals surface area contributed by atoms with Crippen molar-refractivity contribution in [2.24, 2.45) is 5.92 Å². The molecule has 1 unspecified atom stereocenters. The van der Waals surface area contributed by atoms with E-state index in [-0.39, 0.29) is 18.2 Å². The van der Waals surface area contributed by atoms with Crippen molar-refractivity contribution in [1.29, 1.82) is 0 Å². The molecule has 0 amide bonds. The maximum absolute atomic E-state index is 13.5. The van der Waals surface area contributed by atoms with Crippen molar-refractivity contribution in [2.75, 3.05) is 11.9 Å². The smallest absolute Gasteiger partial charge is 0.338 e. The molecule has 110 valence electrons. The van der Waals surface area contributed by atoms with Crippen LogP contribution in [0.1, 0.15) is 24.2 Å². The topological polar surface area (TPSA) is 113 Å². The summed E-state index contributed by atoms with van der Waals surface area (Å²) in [5.41, 5.74) is -1.50. The van der Waals surface area contributed by atoms with Crippen molar-refractivity contribution < 1.29 is 24.3 Å². The van der Waals surface area contributed by atoms with Gasteiger partial charge in [0.1, 0.15) is 17.1 Å². The fourth-order valence-electron chi connectivity index (χ4n) is 1.47. The number of nitrogens with zero attached hydrogens (tertiary/aromatic N) is 1. The molecule has 0 spiro atoms. The Hall–Kier alpha value is -2.22. The zero-order valence-corrected chi connectivity index (χ0v) is 11.0. The summed E-state index contributed by atoms with van der Waals surface area (Å²) in [5, 5.41) is 31.8. The molecule has 3 N–H and O–H groups in total. The predicted octanol–water partition coefficient (Wildman–Crippen LogP) is 1.86. The highest BCUT2D eigenvalue weighted by Crippen LogP contribution is 2.28. The van der Waals surface area contributed by atoms with Crippen LogP contribution >= 0.6 is 0 Å². The quantitative estimate of drug-likeness (QED) is 0.543. The third kappa shape index (κ3) is 3.64. The second-order valence-electron chi connectivity index (χ2n) is 4.60. The molecule has 0 saturated heterocycles. The van der Waals surface area contributed by atoms with Gasteiger partial charge in [-0.25, -0.2) is 9.18 Å². The van der Waals surface area contributed by atoms with E-state index in [2.05, 4.69) is 5.32 Å². The molecule has 0 aliphatic rings. The number of halogens is 1. The maximum atomic E-state index is 13.5. The minimum atomic E-state index is -1.58. The highest BCUT2D eigenvalue weighted by atomic mass is 19.1. The number of aromatic carboxylic acids is 1. The molecule has 1 atom stereocenters. The molecule has 8 heteroatoms. The zero-order chi connectivity index (χ0) is 15.4. The summed E-state index contributed by atoms with van der Waals surface area (Å²) in [6.45, 7) is 3.51. The summed E-state index contributed by atoms with van der Waals surface area (Å²) in [5.74, 6) is -2.74. The van der Waals surface area contributed by atoms with Crippen molar-refractivity contribution in [3.05, 3.63) is 33.6 Å². The lowest BCUT2D eigenvalue weighted by molar-refractivity contribution is -0.384. The summed E-state index contributed by atoms with van der Waals surface area (Å²) >= 11 is 0. The molecule has 0 radical (unpaired) electrons. The largest absolute Gasteiger partial charge is 0.478 e. The summed E-state index contributed by atoms with van der Waals surface area (Å²) in [4.78, 5) is 20.8. The maximum Gasteiger partial charge on any atom is 0.338 e. The Balaban J connectivity index is 3.09. The molecule has 0 bridgehead atoms. The molecular weight excluding hydrogens is 271 g/mol. The van der Waals surface area contributed by atoms with E-state index < -0.39 is 34.1 Å². The number of nitrogens with one attached hydrogen (secondary N) is 1. The van der Waals surface area contributed by atoms with Crippen LogP contribution in [0.2, 0.25) is 0 Å². The van der Waals surface area contributed by atoms with Gasteiger partial charge in [0.15, 0.2) is 0 Å². The van der Waals surface area contributed by atoms with Crippen molar-refractivity contribution in [3.63, 3.8) is 0 Å². The molecule has 0 aromatic heterocycles. The third-order valence-electron chi connectivity index (χ3n) is 2.78. The number of aliphatic hydroxyl groups is 1. The molecule has 0 heterocycles. The Labute approximate surface area is 114 Å². The highest BCUT2D eigenvalue weighted by molar-refractivity contribution is 5.90. The van der Waals surface area contributed by atoms with Crippen molar-refractivity contribution >= 4 is 17.3 Å². The number of aliphatic hydroxyl groups excluding tert-OH is 1. The van der Waals surface area contributed by atoms with Gasteiger partial charge in [-0.2, -0.15) is 0 Å². The monoisotopic (exact) mass is 286 g/mol. The first-order valence-corrected chi connectivity index (χ1v) is 5.87. The van der Waals surface area contributed by atoms with Crippen molar-refractivity contribution in [2.45, 2.75) is 20.0 Å². The lowest BCUT2D eigenvalue weighted by atomic mass is 10.1. The minimum absolute atomic E-state index is 0.00956. The molecule has 0 saturated carbocycles. The van der Waals surface area contributed by atoms with E-state index in [0.29, 0.717) is 6.07 Å². The van der Waals surface area contributed by atoms with Gasteiger partial charge in [-0.05, 0) is 5.92 Å². The molecule has 0 aliphatic heterocycles. The lowest BCUT2D eigenvalue weighted by Crippen LogP contribution is -2.25. The standard InChI is InChI=1S/C12H15FN2O5/c1-6(2)11(16)5-14-9-4-8(13)7(12(17)18)3-10(9)15(19)20/h3-4,6,11,14,16H,5H2,1-2H3,(H,17,18). The van der Waals surface area contributed by atoms with Crippen LogP contribution in [0.4, 0.5) is 15.8 Å². The van der Waals surface area contributed by atoms with Crippen LogP contribution in [-0.2, 0) is 0 Å². The first-order valence-electron chi connectivity index (χ1n) is 5.87. The molecule has 20 heavy (non-hydrogen) atoms. The molecular formula is C12H15FN2O5. The number of carboxylic acid groups (broad SMARTS) is 1. The Morgan fingerprint density at radius 3 is 2.55 bits per heavy atom. The van der Waals surface area contributed by atoms with Gasteiger partial charge in [-0.1, -0.05) is 13.8 Å². The van der Waals surface area contributed by atoms with E-state index in [1.165, 1.54) is 0 Å². The second kappa shape index (κ2) is 6.29. The number of nitro benzene ring substituents is 1. The van der Waals surface area contributed by atoms with E-state index in [4.69, 9.17) is 5.11 Å². The molecule has 7 nitrogen and oxygen atoms in total. The van der Waals surface area contributed by atoms with Crippen LogP contribution < -0.4 is 5.32 Å². The molecule has 1 aromatic rings. The molecule has 0 fully saturated rings. The molecule has 0 aliphatic carbocycles. The van der Waals surface area contributed by atoms with Crippen LogP contribution in [0.15, 0.2) is 12.1 Å². The SMILES string of the molecule is CC(C)C(O)CNc1cc(F)c(C(=O)O)cc1[N+](=O)[O-]. The van der Waals surface area contributed by atoms with E-state index in [1.807, 2.05) is 0 Å². The summed E-state index contributed by atoms with van der Waals surface area (Å²) in [7, 11) is 0.